The number of ether oxygens (including phenoxy) is 1. The SMILES string of the molecule is CCOC(=O)c1cccc(NC(=O)CCNC(=O)c2cccc(C)c2)c1. The molecule has 0 unspecified atom stereocenters. The summed E-state index contributed by atoms with van der Waals surface area (Å²) in [5, 5.41) is 5.42. The number of benzene rings is 2. The van der Waals surface area contributed by atoms with Crippen LogP contribution >= 0.6 is 0 Å². The molecular formula is C20H22N2O4. The van der Waals surface area contributed by atoms with Crippen molar-refractivity contribution in [1.82, 2.24) is 5.32 Å². The summed E-state index contributed by atoms with van der Waals surface area (Å²) in [4.78, 5) is 35.7. The lowest BCUT2D eigenvalue weighted by molar-refractivity contribution is -0.116. The Morgan fingerprint density at radius 1 is 1.00 bits per heavy atom. The Labute approximate surface area is 152 Å². The van der Waals surface area contributed by atoms with E-state index < -0.39 is 5.97 Å². The molecule has 2 aromatic carbocycles. The minimum Gasteiger partial charge on any atom is -0.462 e. The van der Waals surface area contributed by atoms with Crippen LogP contribution in [0.5, 0.6) is 0 Å². The van der Waals surface area contributed by atoms with Gasteiger partial charge in [-0.3, -0.25) is 9.59 Å². The molecule has 2 rings (SSSR count). The number of anilines is 1. The Morgan fingerprint density at radius 2 is 1.73 bits per heavy atom. The third kappa shape index (κ3) is 5.73. The average Bonchev–Trinajstić information content (AvgIpc) is 2.62. The van der Waals surface area contributed by atoms with Crippen LogP contribution in [0.15, 0.2) is 48.5 Å². The summed E-state index contributed by atoms with van der Waals surface area (Å²) >= 11 is 0. The minimum absolute atomic E-state index is 0.126. The second-order valence-corrected chi connectivity index (χ2v) is 5.72. The van der Waals surface area contributed by atoms with Crippen LogP contribution in [0, 0.1) is 6.92 Å². The minimum atomic E-state index is -0.436. The van der Waals surface area contributed by atoms with E-state index in [4.69, 9.17) is 4.74 Å². The maximum atomic E-state index is 12.0. The Kier molecular flexibility index (Phi) is 6.91. The third-order valence-corrected chi connectivity index (χ3v) is 3.58. The predicted octanol–water partition coefficient (Wildman–Crippen LogP) is 2.93. The molecule has 0 aliphatic rings. The first kappa shape index (κ1) is 19.2. The first-order chi connectivity index (χ1) is 12.5. The molecule has 0 fully saturated rings. The zero-order valence-electron chi connectivity index (χ0n) is 14.9. The van der Waals surface area contributed by atoms with Gasteiger partial charge >= 0.3 is 5.97 Å². The van der Waals surface area contributed by atoms with Gasteiger partial charge in [-0.15, -0.1) is 0 Å². The number of rotatable bonds is 7. The van der Waals surface area contributed by atoms with E-state index in [0.29, 0.717) is 16.8 Å². The highest BCUT2D eigenvalue weighted by molar-refractivity contribution is 5.96. The highest BCUT2D eigenvalue weighted by Crippen LogP contribution is 2.12. The number of carbonyl (C=O) groups is 3. The normalized spacial score (nSPS) is 10.1. The van der Waals surface area contributed by atoms with Gasteiger partial charge < -0.3 is 15.4 Å². The number of hydrogen-bond acceptors (Lipinski definition) is 4. The van der Waals surface area contributed by atoms with E-state index >= 15 is 0 Å². The van der Waals surface area contributed by atoms with Gasteiger partial charge in [-0.2, -0.15) is 0 Å². The van der Waals surface area contributed by atoms with Gasteiger partial charge in [0.15, 0.2) is 0 Å². The number of nitrogens with one attached hydrogen (secondary N) is 2. The van der Waals surface area contributed by atoms with Crippen molar-refractivity contribution < 1.29 is 19.1 Å². The van der Waals surface area contributed by atoms with Crippen molar-refractivity contribution in [3.63, 3.8) is 0 Å². The first-order valence-electron chi connectivity index (χ1n) is 8.41. The smallest absolute Gasteiger partial charge is 0.338 e. The number of aryl methyl sites for hydroxylation is 1. The predicted molar refractivity (Wildman–Crippen MR) is 99.2 cm³/mol. The number of carbonyl (C=O) groups excluding carboxylic acids is 3. The lowest BCUT2D eigenvalue weighted by Gasteiger charge is -2.08. The Balaban J connectivity index is 1.83. The van der Waals surface area contributed by atoms with Crippen LogP contribution in [0.4, 0.5) is 5.69 Å². The average molecular weight is 354 g/mol. The summed E-state index contributed by atoms with van der Waals surface area (Å²) in [7, 11) is 0. The quantitative estimate of drug-likeness (QED) is 0.749. The van der Waals surface area contributed by atoms with Gasteiger partial charge in [0.25, 0.3) is 5.91 Å². The van der Waals surface area contributed by atoms with E-state index in [9.17, 15) is 14.4 Å². The van der Waals surface area contributed by atoms with Crippen LogP contribution in [-0.2, 0) is 9.53 Å². The molecule has 2 amide bonds. The highest BCUT2D eigenvalue weighted by atomic mass is 16.5. The standard InChI is InChI=1S/C20H22N2O4/c1-3-26-20(25)16-8-5-9-17(13-16)22-18(23)10-11-21-19(24)15-7-4-6-14(2)12-15/h4-9,12-13H,3,10-11H2,1-2H3,(H,21,24)(H,22,23). The van der Waals surface area contributed by atoms with Gasteiger partial charge in [-0.05, 0) is 44.2 Å². The second-order valence-electron chi connectivity index (χ2n) is 5.72. The van der Waals surface area contributed by atoms with Crippen LogP contribution < -0.4 is 10.6 Å². The van der Waals surface area contributed by atoms with E-state index in [1.165, 1.54) is 0 Å². The van der Waals surface area contributed by atoms with Crippen LogP contribution in [-0.4, -0.2) is 30.9 Å². The summed E-state index contributed by atoms with van der Waals surface area (Å²) < 4.78 is 4.93. The van der Waals surface area contributed by atoms with Crippen molar-refractivity contribution in [2.24, 2.45) is 0 Å². The monoisotopic (exact) mass is 354 g/mol. The maximum absolute atomic E-state index is 12.0. The third-order valence-electron chi connectivity index (χ3n) is 3.58. The van der Waals surface area contributed by atoms with Crippen LogP contribution in [0.1, 0.15) is 39.6 Å². The van der Waals surface area contributed by atoms with Crippen molar-refractivity contribution in [1.29, 1.82) is 0 Å². The van der Waals surface area contributed by atoms with E-state index in [0.717, 1.165) is 5.56 Å². The van der Waals surface area contributed by atoms with Gasteiger partial charge in [-0.25, -0.2) is 4.79 Å². The van der Waals surface area contributed by atoms with E-state index in [2.05, 4.69) is 10.6 Å². The summed E-state index contributed by atoms with van der Waals surface area (Å²) in [6.07, 6.45) is 0.126. The summed E-state index contributed by atoms with van der Waals surface area (Å²) in [5.41, 5.74) is 2.44. The van der Waals surface area contributed by atoms with Crippen LogP contribution in [0.3, 0.4) is 0 Å². The van der Waals surface area contributed by atoms with Crippen molar-refractivity contribution in [2.75, 3.05) is 18.5 Å². The fourth-order valence-electron chi connectivity index (χ4n) is 2.34. The van der Waals surface area contributed by atoms with E-state index in [1.807, 2.05) is 19.1 Å². The largest absolute Gasteiger partial charge is 0.462 e. The molecule has 26 heavy (non-hydrogen) atoms. The molecule has 0 heterocycles. The molecule has 0 saturated heterocycles. The van der Waals surface area contributed by atoms with Gasteiger partial charge in [-0.1, -0.05) is 23.8 Å². The van der Waals surface area contributed by atoms with Gasteiger partial charge in [0.1, 0.15) is 0 Å². The Hall–Kier alpha value is -3.15. The molecule has 136 valence electrons. The Bertz CT molecular complexity index is 802. The number of amides is 2. The van der Waals surface area contributed by atoms with Crippen molar-refractivity contribution in [3.05, 3.63) is 65.2 Å². The molecule has 0 aliphatic carbocycles. The topological polar surface area (TPSA) is 84.5 Å². The van der Waals surface area contributed by atoms with Gasteiger partial charge in [0, 0.05) is 24.2 Å². The van der Waals surface area contributed by atoms with Crippen LogP contribution in [0.25, 0.3) is 0 Å². The lowest BCUT2D eigenvalue weighted by Crippen LogP contribution is -2.27. The van der Waals surface area contributed by atoms with E-state index in [1.54, 1.807) is 43.3 Å². The second kappa shape index (κ2) is 9.36. The zero-order valence-corrected chi connectivity index (χ0v) is 14.9. The molecular weight excluding hydrogens is 332 g/mol. The number of hydrogen-bond donors (Lipinski definition) is 2. The molecule has 6 nitrogen and oxygen atoms in total. The van der Waals surface area contributed by atoms with Crippen molar-refractivity contribution in [2.45, 2.75) is 20.3 Å². The molecule has 2 N–H and O–H groups in total. The molecule has 0 saturated carbocycles. The molecule has 6 heteroatoms. The van der Waals surface area contributed by atoms with Gasteiger partial charge in [0.2, 0.25) is 5.91 Å². The molecule has 0 radical (unpaired) electrons. The molecule has 0 bridgehead atoms. The molecule has 0 aliphatic heterocycles. The van der Waals surface area contributed by atoms with Crippen LogP contribution in [0.2, 0.25) is 0 Å². The maximum Gasteiger partial charge on any atom is 0.338 e. The molecule has 0 spiro atoms. The highest BCUT2D eigenvalue weighted by Gasteiger charge is 2.10. The summed E-state index contributed by atoms with van der Waals surface area (Å²) in [5.74, 6) is -0.907. The zero-order chi connectivity index (χ0) is 18.9. The molecule has 2 aromatic rings. The fourth-order valence-corrected chi connectivity index (χ4v) is 2.34. The van der Waals surface area contributed by atoms with Crippen molar-refractivity contribution >= 4 is 23.5 Å². The molecule has 0 aromatic heterocycles. The summed E-state index contributed by atoms with van der Waals surface area (Å²) in [6, 6.07) is 13.8. The first-order valence-corrected chi connectivity index (χ1v) is 8.41. The lowest BCUT2D eigenvalue weighted by atomic mass is 10.1. The Morgan fingerprint density at radius 3 is 2.46 bits per heavy atom. The van der Waals surface area contributed by atoms with Gasteiger partial charge in [0.05, 0.1) is 12.2 Å². The van der Waals surface area contributed by atoms with E-state index in [-0.39, 0.29) is 31.4 Å². The van der Waals surface area contributed by atoms with Crippen molar-refractivity contribution in [3.8, 4) is 0 Å². The summed E-state index contributed by atoms with van der Waals surface area (Å²) in [6.45, 7) is 4.15. The number of esters is 1. The molecule has 0 atom stereocenters. The fraction of sp³-hybridized carbons (Fsp3) is 0.250.